The molecule has 1 atom stereocenters. The lowest BCUT2D eigenvalue weighted by Gasteiger charge is -2.33. The number of piperidine rings is 1. The largest absolute Gasteiger partial charge is 0.459 e. The summed E-state index contributed by atoms with van der Waals surface area (Å²) in [6.45, 7) is -0.114. The average molecular weight is 412 g/mol. The zero-order chi connectivity index (χ0) is 19.4. The molecule has 8 heteroatoms. The van der Waals surface area contributed by atoms with Gasteiger partial charge in [-0.15, -0.1) is 0 Å². The first kappa shape index (κ1) is 19.8. The molecule has 1 fully saturated rings. The Bertz CT molecular complexity index is 900. The molecule has 27 heavy (non-hydrogen) atoms. The standard InChI is InChI=1S/C19H19ClFNO4S/c20-16-9-6-10-17(21)15(16)13-26-19(23)18-11-4-5-12-22(18)27(24,25)14-7-2-1-3-8-14/h1-3,6-10,18H,4-5,11-13H2. The summed E-state index contributed by atoms with van der Waals surface area (Å²) in [5, 5.41) is 0.153. The molecule has 144 valence electrons. The molecule has 1 saturated heterocycles. The van der Waals surface area contributed by atoms with Gasteiger partial charge in [0, 0.05) is 12.1 Å². The van der Waals surface area contributed by atoms with E-state index in [1.807, 2.05) is 0 Å². The highest BCUT2D eigenvalue weighted by molar-refractivity contribution is 7.89. The predicted octanol–water partition coefficient (Wildman–Crippen LogP) is 3.77. The molecule has 0 saturated carbocycles. The number of halogens is 2. The Morgan fingerprint density at radius 3 is 2.59 bits per heavy atom. The third-order valence-corrected chi connectivity index (χ3v) is 6.77. The van der Waals surface area contributed by atoms with E-state index in [1.54, 1.807) is 18.2 Å². The van der Waals surface area contributed by atoms with Crippen LogP contribution in [0.2, 0.25) is 5.02 Å². The van der Waals surface area contributed by atoms with Crippen LogP contribution in [0.5, 0.6) is 0 Å². The van der Waals surface area contributed by atoms with E-state index in [1.165, 1.54) is 34.6 Å². The van der Waals surface area contributed by atoms with E-state index < -0.39 is 27.9 Å². The van der Waals surface area contributed by atoms with Crippen LogP contribution in [-0.4, -0.2) is 31.3 Å². The maximum Gasteiger partial charge on any atom is 0.324 e. The third kappa shape index (κ3) is 4.31. The second-order valence-corrected chi connectivity index (χ2v) is 8.55. The summed E-state index contributed by atoms with van der Waals surface area (Å²) in [6, 6.07) is 11.2. The number of esters is 1. The maximum absolute atomic E-state index is 13.8. The van der Waals surface area contributed by atoms with E-state index in [9.17, 15) is 17.6 Å². The van der Waals surface area contributed by atoms with Gasteiger partial charge in [-0.25, -0.2) is 12.8 Å². The topological polar surface area (TPSA) is 63.7 Å². The van der Waals surface area contributed by atoms with Crippen molar-refractivity contribution in [3.8, 4) is 0 Å². The number of hydrogen-bond acceptors (Lipinski definition) is 4. The van der Waals surface area contributed by atoms with Gasteiger partial charge in [0.2, 0.25) is 10.0 Å². The number of benzene rings is 2. The minimum absolute atomic E-state index is 0.0702. The van der Waals surface area contributed by atoms with Gasteiger partial charge in [-0.1, -0.05) is 35.9 Å². The molecule has 5 nitrogen and oxygen atoms in total. The number of nitrogens with zero attached hydrogens (tertiary/aromatic N) is 1. The Labute approximate surface area is 162 Å². The highest BCUT2D eigenvalue weighted by Gasteiger charge is 2.38. The minimum atomic E-state index is -3.82. The number of sulfonamides is 1. The molecule has 0 N–H and O–H groups in total. The molecule has 0 spiro atoms. The number of carbonyl (C=O) groups is 1. The Kier molecular flexibility index (Phi) is 6.14. The number of rotatable bonds is 5. The first-order valence-electron chi connectivity index (χ1n) is 8.57. The fourth-order valence-corrected chi connectivity index (χ4v) is 4.95. The highest BCUT2D eigenvalue weighted by atomic mass is 35.5. The van der Waals surface area contributed by atoms with Crippen molar-refractivity contribution in [2.45, 2.75) is 36.8 Å². The van der Waals surface area contributed by atoms with Gasteiger partial charge >= 0.3 is 5.97 Å². The first-order valence-corrected chi connectivity index (χ1v) is 10.4. The average Bonchev–Trinajstić information content (AvgIpc) is 2.68. The molecule has 1 unspecified atom stereocenters. The van der Waals surface area contributed by atoms with Crippen molar-refractivity contribution in [1.82, 2.24) is 4.31 Å². The third-order valence-electron chi connectivity index (χ3n) is 4.50. The second-order valence-electron chi connectivity index (χ2n) is 6.25. The Morgan fingerprint density at radius 2 is 1.89 bits per heavy atom. The van der Waals surface area contributed by atoms with E-state index in [0.717, 1.165) is 0 Å². The van der Waals surface area contributed by atoms with Crippen molar-refractivity contribution in [3.63, 3.8) is 0 Å². The molecule has 2 aromatic rings. The Hall–Kier alpha value is -1.96. The fourth-order valence-electron chi connectivity index (χ4n) is 3.07. The van der Waals surface area contributed by atoms with Crippen LogP contribution in [0.3, 0.4) is 0 Å². The van der Waals surface area contributed by atoms with E-state index in [4.69, 9.17) is 16.3 Å². The predicted molar refractivity (Wildman–Crippen MR) is 99.2 cm³/mol. The number of carbonyl (C=O) groups excluding carboxylic acids is 1. The minimum Gasteiger partial charge on any atom is -0.459 e. The van der Waals surface area contributed by atoms with Crippen LogP contribution in [-0.2, 0) is 26.2 Å². The summed E-state index contributed by atoms with van der Waals surface area (Å²) in [7, 11) is -3.82. The smallest absolute Gasteiger partial charge is 0.324 e. The number of ether oxygens (including phenoxy) is 1. The van der Waals surface area contributed by atoms with E-state index in [2.05, 4.69) is 0 Å². The lowest BCUT2D eigenvalue weighted by Crippen LogP contribution is -2.48. The van der Waals surface area contributed by atoms with Crippen LogP contribution in [0.1, 0.15) is 24.8 Å². The Morgan fingerprint density at radius 1 is 1.15 bits per heavy atom. The molecule has 1 heterocycles. The van der Waals surface area contributed by atoms with Crippen LogP contribution < -0.4 is 0 Å². The maximum atomic E-state index is 13.8. The van der Waals surface area contributed by atoms with Crippen LogP contribution in [0.15, 0.2) is 53.4 Å². The number of hydrogen-bond donors (Lipinski definition) is 0. The van der Waals surface area contributed by atoms with E-state index in [-0.39, 0.29) is 28.6 Å². The Balaban J connectivity index is 1.78. The van der Waals surface area contributed by atoms with E-state index >= 15 is 0 Å². The first-order chi connectivity index (χ1) is 12.9. The second kappa shape index (κ2) is 8.37. The quantitative estimate of drug-likeness (QED) is 0.702. The van der Waals surface area contributed by atoms with Crippen LogP contribution in [0, 0.1) is 5.82 Å². The highest BCUT2D eigenvalue weighted by Crippen LogP contribution is 2.27. The molecular weight excluding hydrogens is 393 g/mol. The normalized spacial score (nSPS) is 18.2. The zero-order valence-corrected chi connectivity index (χ0v) is 16.0. The molecule has 1 aliphatic heterocycles. The molecule has 0 radical (unpaired) electrons. The van der Waals surface area contributed by atoms with Gasteiger partial charge in [0.25, 0.3) is 0 Å². The van der Waals surface area contributed by atoms with Crippen molar-refractivity contribution in [1.29, 1.82) is 0 Å². The SMILES string of the molecule is O=C(OCc1c(F)cccc1Cl)C1CCCCN1S(=O)(=O)c1ccccc1. The summed E-state index contributed by atoms with van der Waals surface area (Å²) in [5.74, 6) is -1.28. The summed E-state index contributed by atoms with van der Waals surface area (Å²) in [6.07, 6.45) is 1.73. The van der Waals surface area contributed by atoms with Crippen LogP contribution >= 0.6 is 11.6 Å². The zero-order valence-electron chi connectivity index (χ0n) is 14.5. The van der Waals surface area contributed by atoms with Crippen molar-refractivity contribution >= 4 is 27.6 Å². The molecule has 0 amide bonds. The van der Waals surface area contributed by atoms with Crippen molar-refractivity contribution in [2.24, 2.45) is 0 Å². The summed E-state index contributed by atoms with van der Waals surface area (Å²) < 4.78 is 46.1. The summed E-state index contributed by atoms with van der Waals surface area (Å²) >= 11 is 5.94. The monoisotopic (exact) mass is 411 g/mol. The molecule has 0 bridgehead atoms. The van der Waals surface area contributed by atoms with Crippen LogP contribution in [0.25, 0.3) is 0 Å². The van der Waals surface area contributed by atoms with Crippen molar-refractivity contribution in [3.05, 3.63) is 64.9 Å². The lowest BCUT2D eigenvalue weighted by atomic mass is 10.1. The fraction of sp³-hybridized carbons (Fsp3) is 0.316. The summed E-state index contributed by atoms with van der Waals surface area (Å²) in [5.41, 5.74) is 0.0702. The molecule has 0 aromatic heterocycles. The lowest BCUT2D eigenvalue weighted by molar-refractivity contribution is -0.150. The van der Waals surface area contributed by atoms with E-state index in [0.29, 0.717) is 19.3 Å². The molecule has 1 aliphatic rings. The molecule has 2 aromatic carbocycles. The van der Waals surface area contributed by atoms with Crippen molar-refractivity contribution < 1.29 is 22.3 Å². The van der Waals surface area contributed by atoms with Crippen LogP contribution in [0.4, 0.5) is 4.39 Å². The summed E-state index contributed by atoms with van der Waals surface area (Å²) in [4.78, 5) is 12.7. The molecular formula is C19H19ClFNO4S. The van der Waals surface area contributed by atoms with Gasteiger partial charge in [0.1, 0.15) is 18.5 Å². The van der Waals surface area contributed by atoms with Gasteiger partial charge in [-0.3, -0.25) is 4.79 Å². The van der Waals surface area contributed by atoms with Gasteiger partial charge in [-0.05, 0) is 43.5 Å². The molecule has 3 rings (SSSR count). The van der Waals surface area contributed by atoms with Gasteiger partial charge in [0.05, 0.1) is 9.92 Å². The van der Waals surface area contributed by atoms with Gasteiger partial charge < -0.3 is 4.74 Å². The van der Waals surface area contributed by atoms with Gasteiger partial charge in [0.15, 0.2) is 0 Å². The van der Waals surface area contributed by atoms with Crippen molar-refractivity contribution in [2.75, 3.05) is 6.54 Å². The van der Waals surface area contributed by atoms with Gasteiger partial charge in [-0.2, -0.15) is 4.31 Å². The molecule has 0 aliphatic carbocycles.